The molecule has 2 heterocycles. The lowest BCUT2D eigenvalue weighted by atomic mass is 10.2. The number of morpholine rings is 1. The average Bonchev–Trinajstić information content (AvgIpc) is 3.09. The van der Waals surface area contributed by atoms with Gasteiger partial charge in [-0.05, 0) is 31.0 Å². The molecule has 1 aromatic rings. The molecule has 6 heteroatoms. The normalized spacial score (nSPS) is 22.8. The molecule has 132 valence electrons. The van der Waals surface area contributed by atoms with Gasteiger partial charge in [0.1, 0.15) is 5.82 Å². The van der Waals surface area contributed by atoms with Crippen molar-refractivity contribution >= 4 is 5.96 Å². The van der Waals surface area contributed by atoms with Crippen molar-refractivity contribution in [3.8, 4) is 0 Å². The van der Waals surface area contributed by atoms with Gasteiger partial charge in [-0.15, -0.1) is 0 Å². The Hall–Kier alpha value is -1.66. The zero-order chi connectivity index (χ0) is 16.8. The summed E-state index contributed by atoms with van der Waals surface area (Å²) in [5.74, 6) is 0.721. The Morgan fingerprint density at radius 1 is 1.33 bits per heavy atom. The van der Waals surface area contributed by atoms with Crippen molar-refractivity contribution in [1.82, 2.24) is 15.1 Å². The fraction of sp³-hybridized carbons (Fsp3) is 0.611. The highest BCUT2D eigenvalue weighted by molar-refractivity contribution is 5.80. The molecular weight excluding hydrogens is 307 g/mol. The van der Waals surface area contributed by atoms with Crippen LogP contribution in [0.1, 0.15) is 18.9 Å². The van der Waals surface area contributed by atoms with Gasteiger partial charge in [0.25, 0.3) is 0 Å². The van der Waals surface area contributed by atoms with Crippen molar-refractivity contribution in [2.24, 2.45) is 4.99 Å². The molecule has 24 heavy (non-hydrogen) atoms. The predicted molar refractivity (Wildman–Crippen MR) is 93.6 cm³/mol. The number of guanidine groups is 1. The molecule has 2 fully saturated rings. The van der Waals surface area contributed by atoms with Crippen LogP contribution in [-0.4, -0.2) is 67.7 Å². The Bertz CT molecular complexity index is 560. The van der Waals surface area contributed by atoms with Crippen molar-refractivity contribution in [2.75, 3.05) is 45.9 Å². The van der Waals surface area contributed by atoms with E-state index in [9.17, 15) is 4.39 Å². The van der Waals surface area contributed by atoms with E-state index >= 15 is 0 Å². The smallest absolute Gasteiger partial charge is 0.194 e. The van der Waals surface area contributed by atoms with Crippen molar-refractivity contribution in [2.45, 2.75) is 25.9 Å². The van der Waals surface area contributed by atoms with Gasteiger partial charge in [0.15, 0.2) is 5.96 Å². The number of ether oxygens (including phenoxy) is 1. The van der Waals surface area contributed by atoms with Gasteiger partial charge in [0.05, 0.1) is 19.8 Å². The van der Waals surface area contributed by atoms with E-state index in [4.69, 9.17) is 9.73 Å². The van der Waals surface area contributed by atoms with Crippen LogP contribution in [0, 0.1) is 5.82 Å². The second-order valence-corrected chi connectivity index (χ2v) is 6.34. The second-order valence-electron chi connectivity index (χ2n) is 6.34. The fourth-order valence-electron chi connectivity index (χ4n) is 3.40. The third-order valence-electron chi connectivity index (χ3n) is 4.66. The first kappa shape index (κ1) is 17.2. The van der Waals surface area contributed by atoms with Crippen LogP contribution >= 0.6 is 0 Å². The topological polar surface area (TPSA) is 40.1 Å². The number of benzene rings is 1. The molecule has 3 rings (SSSR count). The molecule has 2 aliphatic rings. The van der Waals surface area contributed by atoms with Gasteiger partial charge >= 0.3 is 0 Å². The summed E-state index contributed by atoms with van der Waals surface area (Å²) in [6.45, 7) is 9.14. The van der Waals surface area contributed by atoms with Crippen LogP contribution < -0.4 is 5.32 Å². The number of halogens is 1. The quantitative estimate of drug-likeness (QED) is 0.672. The van der Waals surface area contributed by atoms with Gasteiger partial charge < -0.3 is 15.0 Å². The Morgan fingerprint density at radius 2 is 2.17 bits per heavy atom. The summed E-state index contributed by atoms with van der Waals surface area (Å²) in [5.41, 5.74) is 0.898. The highest BCUT2D eigenvalue weighted by atomic mass is 19.1. The van der Waals surface area contributed by atoms with E-state index in [0.29, 0.717) is 12.6 Å². The number of hydrogen-bond acceptors (Lipinski definition) is 3. The number of nitrogens with one attached hydrogen (secondary N) is 1. The van der Waals surface area contributed by atoms with Gasteiger partial charge in [-0.3, -0.25) is 4.90 Å². The molecule has 5 nitrogen and oxygen atoms in total. The molecule has 0 bridgehead atoms. The van der Waals surface area contributed by atoms with Crippen LogP contribution in [0.2, 0.25) is 0 Å². The number of aliphatic imine (C=N–C) groups is 1. The van der Waals surface area contributed by atoms with Crippen LogP contribution in [0.3, 0.4) is 0 Å². The van der Waals surface area contributed by atoms with Gasteiger partial charge in [-0.1, -0.05) is 12.1 Å². The number of rotatable bonds is 4. The molecule has 0 saturated carbocycles. The molecule has 1 unspecified atom stereocenters. The Morgan fingerprint density at radius 3 is 2.92 bits per heavy atom. The molecule has 1 N–H and O–H groups in total. The number of hydrogen-bond donors (Lipinski definition) is 1. The van der Waals surface area contributed by atoms with E-state index in [0.717, 1.165) is 63.9 Å². The molecule has 1 aromatic carbocycles. The van der Waals surface area contributed by atoms with Crippen molar-refractivity contribution in [3.63, 3.8) is 0 Å². The molecule has 1 atom stereocenters. The molecule has 0 radical (unpaired) electrons. The molecule has 0 spiro atoms. The van der Waals surface area contributed by atoms with Crippen LogP contribution in [0.25, 0.3) is 0 Å². The Balaban J connectivity index is 1.61. The predicted octanol–water partition coefficient (Wildman–Crippen LogP) is 1.70. The van der Waals surface area contributed by atoms with Crippen molar-refractivity contribution in [3.05, 3.63) is 35.6 Å². The average molecular weight is 334 g/mol. The van der Waals surface area contributed by atoms with Crippen molar-refractivity contribution < 1.29 is 9.13 Å². The highest BCUT2D eigenvalue weighted by Crippen LogP contribution is 2.17. The van der Waals surface area contributed by atoms with E-state index in [1.54, 1.807) is 12.1 Å². The largest absolute Gasteiger partial charge is 0.379 e. The molecular formula is C18H27FN4O. The van der Waals surface area contributed by atoms with E-state index in [-0.39, 0.29) is 5.82 Å². The first-order chi connectivity index (χ1) is 11.8. The van der Waals surface area contributed by atoms with E-state index in [1.165, 1.54) is 6.07 Å². The zero-order valence-corrected chi connectivity index (χ0v) is 14.4. The van der Waals surface area contributed by atoms with E-state index in [2.05, 4.69) is 22.0 Å². The molecule has 2 saturated heterocycles. The lowest BCUT2D eigenvalue weighted by Crippen LogP contribution is -2.46. The molecule has 0 aliphatic carbocycles. The maximum atomic E-state index is 13.3. The Labute approximate surface area is 143 Å². The summed E-state index contributed by atoms with van der Waals surface area (Å²) in [6, 6.07) is 7.24. The highest BCUT2D eigenvalue weighted by Gasteiger charge is 2.30. The summed E-state index contributed by atoms with van der Waals surface area (Å²) in [4.78, 5) is 9.56. The second kappa shape index (κ2) is 8.44. The fourth-order valence-corrected chi connectivity index (χ4v) is 3.40. The van der Waals surface area contributed by atoms with Gasteiger partial charge in [0, 0.05) is 38.8 Å². The lowest BCUT2D eigenvalue weighted by molar-refractivity contribution is 0.0195. The van der Waals surface area contributed by atoms with Gasteiger partial charge in [-0.25, -0.2) is 9.38 Å². The SMILES string of the molecule is CCNC(=NCc1cccc(F)c1)N1CCC(N2CCOCC2)C1. The maximum absolute atomic E-state index is 13.3. The Kier molecular flexibility index (Phi) is 6.04. The zero-order valence-electron chi connectivity index (χ0n) is 14.4. The summed E-state index contributed by atoms with van der Waals surface area (Å²) >= 11 is 0. The first-order valence-electron chi connectivity index (χ1n) is 8.85. The number of nitrogens with zero attached hydrogens (tertiary/aromatic N) is 3. The third-order valence-corrected chi connectivity index (χ3v) is 4.66. The summed E-state index contributed by atoms with van der Waals surface area (Å²) in [5, 5.41) is 3.37. The van der Waals surface area contributed by atoms with Crippen LogP contribution in [0.15, 0.2) is 29.3 Å². The minimum absolute atomic E-state index is 0.207. The monoisotopic (exact) mass is 334 g/mol. The van der Waals surface area contributed by atoms with Crippen LogP contribution in [-0.2, 0) is 11.3 Å². The third kappa shape index (κ3) is 4.45. The van der Waals surface area contributed by atoms with Crippen LogP contribution in [0.4, 0.5) is 4.39 Å². The van der Waals surface area contributed by atoms with Crippen LogP contribution in [0.5, 0.6) is 0 Å². The minimum atomic E-state index is -0.207. The van der Waals surface area contributed by atoms with Gasteiger partial charge in [0.2, 0.25) is 0 Å². The van der Waals surface area contributed by atoms with Crippen molar-refractivity contribution in [1.29, 1.82) is 0 Å². The molecule has 0 amide bonds. The minimum Gasteiger partial charge on any atom is -0.379 e. The standard InChI is InChI=1S/C18H27FN4O/c1-2-20-18(21-13-15-4-3-5-16(19)12-15)23-7-6-17(14-23)22-8-10-24-11-9-22/h3-5,12,17H,2,6-11,13-14H2,1H3,(H,20,21). The summed E-state index contributed by atoms with van der Waals surface area (Å²) < 4.78 is 18.8. The van der Waals surface area contributed by atoms with E-state index in [1.807, 2.05) is 6.07 Å². The summed E-state index contributed by atoms with van der Waals surface area (Å²) in [6.07, 6.45) is 1.16. The lowest BCUT2D eigenvalue weighted by Gasteiger charge is -2.32. The first-order valence-corrected chi connectivity index (χ1v) is 8.85. The number of likely N-dealkylation sites (tertiary alicyclic amines) is 1. The molecule has 2 aliphatic heterocycles. The molecule has 0 aromatic heterocycles. The van der Waals surface area contributed by atoms with Gasteiger partial charge in [-0.2, -0.15) is 0 Å². The van der Waals surface area contributed by atoms with E-state index < -0.39 is 0 Å². The summed E-state index contributed by atoms with van der Waals surface area (Å²) in [7, 11) is 0. The maximum Gasteiger partial charge on any atom is 0.194 e.